The molecule has 0 spiro atoms. The van der Waals surface area contributed by atoms with E-state index in [1.807, 2.05) is 91.8 Å². The maximum atomic E-state index is 13.0. The number of aliphatic hydroxyl groups excluding tert-OH is 1. The molecule has 0 fully saturated rings. The lowest BCUT2D eigenvalue weighted by Gasteiger charge is -2.25. The molecule has 0 aliphatic rings. The molecule has 3 aromatic rings. The van der Waals surface area contributed by atoms with Gasteiger partial charge in [-0.15, -0.1) is 0 Å². The highest BCUT2D eigenvalue weighted by Crippen LogP contribution is 2.15. The van der Waals surface area contributed by atoms with Crippen molar-refractivity contribution < 1.29 is 14.6 Å². The predicted octanol–water partition coefficient (Wildman–Crippen LogP) is 3.25. The zero-order valence-corrected chi connectivity index (χ0v) is 19.5. The molecule has 6 heteroatoms. The first-order valence-corrected chi connectivity index (χ1v) is 11.1. The van der Waals surface area contributed by atoms with Gasteiger partial charge in [-0.3, -0.25) is 4.79 Å². The van der Waals surface area contributed by atoms with Crippen LogP contribution in [-0.2, 0) is 13.0 Å². The molecule has 2 unspecified atom stereocenters. The van der Waals surface area contributed by atoms with Crippen molar-refractivity contribution in [3.8, 4) is 5.75 Å². The number of carbonyl (C=O) groups excluding carboxylic acids is 1. The van der Waals surface area contributed by atoms with E-state index in [1.54, 1.807) is 13.2 Å². The molecule has 0 heterocycles. The summed E-state index contributed by atoms with van der Waals surface area (Å²) in [5.74, 6) is 0.593. The van der Waals surface area contributed by atoms with Crippen LogP contribution >= 0.6 is 0 Å². The molecule has 3 aromatic carbocycles. The van der Waals surface area contributed by atoms with Crippen LogP contribution in [0.15, 0.2) is 78.9 Å². The van der Waals surface area contributed by atoms with Crippen molar-refractivity contribution in [2.75, 3.05) is 32.6 Å². The largest absolute Gasteiger partial charge is 0.497 e. The molecule has 0 radical (unpaired) electrons. The summed E-state index contributed by atoms with van der Waals surface area (Å²) in [5, 5.41) is 17.3. The van der Waals surface area contributed by atoms with E-state index >= 15 is 0 Å². The summed E-state index contributed by atoms with van der Waals surface area (Å²) in [7, 11) is 5.52. The second kappa shape index (κ2) is 12.0. The number of hydrogen-bond acceptors (Lipinski definition) is 5. The van der Waals surface area contributed by atoms with Crippen LogP contribution in [0, 0.1) is 0 Å². The highest BCUT2D eigenvalue weighted by molar-refractivity contribution is 5.95. The van der Waals surface area contributed by atoms with E-state index in [-0.39, 0.29) is 5.91 Å². The zero-order valence-electron chi connectivity index (χ0n) is 19.5. The smallest absolute Gasteiger partial charge is 0.251 e. The Hall–Kier alpha value is -3.35. The van der Waals surface area contributed by atoms with Crippen LogP contribution in [-0.4, -0.2) is 50.9 Å². The third-order valence-electron chi connectivity index (χ3n) is 5.52. The third-order valence-corrected chi connectivity index (χ3v) is 5.52. The van der Waals surface area contributed by atoms with E-state index in [1.165, 1.54) is 0 Å². The van der Waals surface area contributed by atoms with Gasteiger partial charge in [-0.1, -0.05) is 48.5 Å². The lowest BCUT2D eigenvalue weighted by molar-refractivity contribution is 0.0830. The fourth-order valence-electron chi connectivity index (χ4n) is 3.62. The molecule has 0 aliphatic heterocycles. The molecule has 2 atom stereocenters. The second-order valence-electron chi connectivity index (χ2n) is 8.26. The van der Waals surface area contributed by atoms with Gasteiger partial charge in [0.15, 0.2) is 0 Å². The van der Waals surface area contributed by atoms with E-state index in [9.17, 15) is 9.90 Å². The van der Waals surface area contributed by atoms with Crippen LogP contribution in [0.1, 0.15) is 21.5 Å². The normalized spacial score (nSPS) is 12.6. The van der Waals surface area contributed by atoms with Crippen LogP contribution in [0.5, 0.6) is 5.75 Å². The van der Waals surface area contributed by atoms with E-state index in [0.717, 1.165) is 22.6 Å². The van der Waals surface area contributed by atoms with Crippen molar-refractivity contribution in [3.63, 3.8) is 0 Å². The van der Waals surface area contributed by atoms with Gasteiger partial charge in [0, 0.05) is 38.4 Å². The number of hydrogen-bond donors (Lipinski definition) is 3. The average molecular weight is 448 g/mol. The van der Waals surface area contributed by atoms with Crippen molar-refractivity contribution >= 4 is 11.6 Å². The van der Waals surface area contributed by atoms with Gasteiger partial charge in [-0.2, -0.15) is 0 Å². The Balaban J connectivity index is 1.67. The number of aliphatic hydroxyl groups is 1. The van der Waals surface area contributed by atoms with Gasteiger partial charge in [0.25, 0.3) is 5.91 Å². The molecule has 1 amide bonds. The van der Waals surface area contributed by atoms with Gasteiger partial charge in [-0.25, -0.2) is 0 Å². The summed E-state index contributed by atoms with van der Waals surface area (Å²) in [6.07, 6.45) is -0.237. The van der Waals surface area contributed by atoms with Gasteiger partial charge in [-0.05, 0) is 47.9 Å². The Labute approximate surface area is 196 Å². The number of nitrogens with one attached hydrogen (secondary N) is 2. The van der Waals surface area contributed by atoms with E-state index in [4.69, 9.17) is 4.74 Å². The fourth-order valence-corrected chi connectivity index (χ4v) is 3.62. The van der Waals surface area contributed by atoms with Gasteiger partial charge in [0.2, 0.25) is 0 Å². The average Bonchev–Trinajstić information content (AvgIpc) is 2.84. The lowest BCUT2D eigenvalue weighted by Crippen LogP contribution is -2.48. The maximum absolute atomic E-state index is 13.0. The molecule has 0 bridgehead atoms. The SMILES string of the molecule is COc1cccc(CNCC(O)C(Cc2ccccc2)NC(=O)c2cccc(N(C)C)c2)c1. The topological polar surface area (TPSA) is 73.8 Å². The van der Waals surface area contributed by atoms with Crippen molar-refractivity contribution in [1.82, 2.24) is 10.6 Å². The van der Waals surface area contributed by atoms with Crippen molar-refractivity contribution in [1.29, 1.82) is 0 Å². The summed E-state index contributed by atoms with van der Waals surface area (Å²) in [6.45, 7) is 0.928. The van der Waals surface area contributed by atoms with Crippen molar-refractivity contribution in [2.24, 2.45) is 0 Å². The Morgan fingerprint density at radius 2 is 1.70 bits per heavy atom. The predicted molar refractivity (Wildman–Crippen MR) is 133 cm³/mol. The van der Waals surface area contributed by atoms with Crippen LogP contribution in [0.3, 0.4) is 0 Å². The molecule has 174 valence electrons. The number of ether oxygens (including phenoxy) is 1. The monoisotopic (exact) mass is 447 g/mol. The molecule has 3 rings (SSSR count). The number of benzene rings is 3. The minimum Gasteiger partial charge on any atom is -0.497 e. The summed E-state index contributed by atoms with van der Waals surface area (Å²) >= 11 is 0. The summed E-state index contributed by atoms with van der Waals surface area (Å²) in [5.41, 5.74) is 3.63. The van der Waals surface area contributed by atoms with Gasteiger partial charge in [0.05, 0.1) is 19.3 Å². The molecule has 0 saturated heterocycles. The first kappa shape index (κ1) is 24.3. The quantitative estimate of drug-likeness (QED) is 0.421. The Bertz CT molecular complexity index is 1020. The molecule has 33 heavy (non-hydrogen) atoms. The van der Waals surface area contributed by atoms with E-state index in [2.05, 4.69) is 10.6 Å². The number of rotatable bonds is 11. The summed E-state index contributed by atoms with van der Waals surface area (Å²) in [6, 6.07) is 24.7. The van der Waals surface area contributed by atoms with Gasteiger partial charge >= 0.3 is 0 Å². The Morgan fingerprint density at radius 1 is 0.970 bits per heavy atom. The summed E-state index contributed by atoms with van der Waals surface area (Å²) < 4.78 is 5.27. The zero-order chi connectivity index (χ0) is 23.6. The fraction of sp³-hybridized carbons (Fsp3) is 0.296. The molecule has 6 nitrogen and oxygen atoms in total. The van der Waals surface area contributed by atoms with Crippen molar-refractivity contribution in [2.45, 2.75) is 25.1 Å². The van der Waals surface area contributed by atoms with Gasteiger partial charge < -0.3 is 25.4 Å². The highest BCUT2D eigenvalue weighted by Gasteiger charge is 2.22. The minimum absolute atomic E-state index is 0.202. The molecule has 3 N–H and O–H groups in total. The van der Waals surface area contributed by atoms with Crippen LogP contribution in [0.25, 0.3) is 0 Å². The number of amides is 1. The second-order valence-corrected chi connectivity index (χ2v) is 8.26. The summed E-state index contributed by atoms with van der Waals surface area (Å²) in [4.78, 5) is 15.0. The Morgan fingerprint density at radius 3 is 2.42 bits per heavy atom. The molecular formula is C27H33N3O3. The lowest BCUT2D eigenvalue weighted by atomic mass is 10.00. The van der Waals surface area contributed by atoms with Crippen LogP contribution in [0.4, 0.5) is 5.69 Å². The third kappa shape index (κ3) is 7.34. The molecular weight excluding hydrogens is 414 g/mol. The Kier molecular flexibility index (Phi) is 8.87. The van der Waals surface area contributed by atoms with E-state index < -0.39 is 12.1 Å². The molecule has 0 aromatic heterocycles. The highest BCUT2D eigenvalue weighted by atomic mass is 16.5. The first-order valence-electron chi connectivity index (χ1n) is 11.1. The molecule has 0 saturated carbocycles. The minimum atomic E-state index is -0.767. The van der Waals surface area contributed by atoms with Crippen LogP contribution < -0.4 is 20.3 Å². The number of carbonyl (C=O) groups is 1. The van der Waals surface area contributed by atoms with E-state index in [0.29, 0.717) is 25.1 Å². The van der Waals surface area contributed by atoms with Crippen molar-refractivity contribution in [3.05, 3.63) is 95.6 Å². The first-order chi connectivity index (χ1) is 16.0. The van der Waals surface area contributed by atoms with Crippen LogP contribution in [0.2, 0.25) is 0 Å². The number of nitrogens with zero attached hydrogens (tertiary/aromatic N) is 1. The number of methoxy groups -OCH3 is 1. The van der Waals surface area contributed by atoms with Gasteiger partial charge in [0.1, 0.15) is 5.75 Å². The number of anilines is 1. The maximum Gasteiger partial charge on any atom is 0.251 e. The molecule has 0 aliphatic carbocycles. The standard InChI is InChI=1S/C27H33N3O3/c1-30(2)23-13-8-12-22(17-23)27(32)29-25(16-20-9-5-4-6-10-20)26(31)19-28-18-21-11-7-14-24(15-21)33-3/h4-15,17,25-26,28,31H,16,18-19H2,1-3H3,(H,29,32).